The molecule has 1 N–H and O–H groups in total. The first-order chi connectivity index (χ1) is 8.74. The molecule has 0 fully saturated rings. The van der Waals surface area contributed by atoms with Crippen LogP contribution in [0.25, 0.3) is 0 Å². The van der Waals surface area contributed by atoms with Crippen LogP contribution in [0.4, 0.5) is 0 Å². The molecule has 0 amide bonds. The minimum Gasteiger partial charge on any atom is -0.387 e. The van der Waals surface area contributed by atoms with Crippen molar-refractivity contribution < 1.29 is 9.84 Å². The van der Waals surface area contributed by atoms with Gasteiger partial charge in [-0.1, -0.05) is 44.2 Å². The van der Waals surface area contributed by atoms with E-state index in [1.807, 2.05) is 30.3 Å². The third-order valence-corrected chi connectivity index (χ3v) is 3.38. The molecule has 0 bridgehead atoms. The smallest absolute Gasteiger partial charge is 0.0945 e. The summed E-state index contributed by atoms with van der Waals surface area (Å²) in [6.45, 7) is 6.72. The van der Waals surface area contributed by atoms with Gasteiger partial charge < -0.3 is 9.84 Å². The molecule has 3 nitrogen and oxygen atoms in total. The molecule has 0 saturated carbocycles. The maximum atomic E-state index is 10.5. The first-order valence-corrected chi connectivity index (χ1v) is 6.70. The van der Waals surface area contributed by atoms with E-state index in [-0.39, 0.29) is 6.04 Å². The molecule has 0 aliphatic carbocycles. The number of hydrogen-bond donors (Lipinski definition) is 1. The van der Waals surface area contributed by atoms with Crippen LogP contribution in [0.2, 0.25) is 0 Å². The molecule has 0 heterocycles. The molecule has 2 atom stereocenters. The van der Waals surface area contributed by atoms with E-state index in [1.54, 1.807) is 7.11 Å². The lowest BCUT2D eigenvalue weighted by Gasteiger charge is -2.33. The second-order valence-corrected chi connectivity index (χ2v) is 4.45. The highest BCUT2D eigenvalue weighted by atomic mass is 16.5. The zero-order chi connectivity index (χ0) is 13.4. The van der Waals surface area contributed by atoms with Crippen LogP contribution in [0.5, 0.6) is 0 Å². The van der Waals surface area contributed by atoms with Gasteiger partial charge in [0, 0.05) is 19.7 Å². The Hall–Kier alpha value is -0.900. The van der Waals surface area contributed by atoms with Crippen molar-refractivity contribution in [2.75, 3.05) is 26.8 Å². The Morgan fingerprint density at radius 1 is 1.22 bits per heavy atom. The fourth-order valence-electron chi connectivity index (χ4n) is 2.32. The number of aliphatic hydroxyl groups is 1. The van der Waals surface area contributed by atoms with Gasteiger partial charge in [0.1, 0.15) is 0 Å². The summed E-state index contributed by atoms with van der Waals surface area (Å²) in [7, 11) is 1.71. The third-order valence-electron chi connectivity index (χ3n) is 3.38. The number of aliphatic hydroxyl groups excluding tert-OH is 1. The van der Waals surface area contributed by atoms with E-state index in [0.29, 0.717) is 6.61 Å². The highest BCUT2D eigenvalue weighted by Crippen LogP contribution is 2.23. The number of nitrogens with zero attached hydrogens (tertiary/aromatic N) is 1. The fourth-order valence-corrected chi connectivity index (χ4v) is 2.32. The second kappa shape index (κ2) is 8.25. The molecule has 1 rings (SSSR count). The van der Waals surface area contributed by atoms with Gasteiger partial charge in [-0.3, -0.25) is 4.90 Å². The Labute approximate surface area is 110 Å². The molecule has 0 aromatic heterocycles. The summed E-state index contributed by atoms with van der Waals surface area (Å²) in [4.78, 5) is 2.28. The average molecular weight is 251 g/mol. The maximum Gasteiger partial charge on any atom is 0.0945 e. The van der Waals surface area contributed by atoms with Crippen molar-refractivity contribution in [1.82, 2.24) is 4.90 Å². The molecule has 0 spiro atoms. The molecule has 2 unspecified atom stereocenters. The Bertz CT molecular complexity index is 316. The standard InChI is InChI=1S/C15H25NO2/c1-4-14(16(5-2)11-12-18-3)15(17)13-9-7-6-8-10-13/h6-10,14-15,17H,4-5,11-12H2,1-3H3. The van der Waals surface area contributed by atoms with Gasteiger partial charge in [-0.15, -0.1) is 0 Å². The van der Waals surface area contributed by atoms with Gasteiger partial charge in [-0.25, -0.2) is 0 Å². The van der Waals surface area contributed by atoms with Crippen molar-refractivity contribution in [2.45, 2.75) is 32.4 Å². The molecule has 102 valence electrons. The van der Waals surface area contributed by atoms with Crippen molar-refractivity contribution in [3.05, 3.63) is 35.9 Å². The molecule has 0 aliphatic rings. The Morgan fingerprint density at radius 2 is 1.89 bits per heavy atom. The highest BCUT2D eigenvalue weighted by molar-refractivity contribution is 5.18. The van der Waals surface area contributed by atoms with Crippen LogP contribution >= 0.6 is 0 Å². The minimum atomic E-state index is -0.437. The fraction of sp³-hybridized carbons (Fsp3) is 0.600. The summed E-state index contributed by atoms with van der Waals surface area (Å²) in [5, 5.41) is 10.5. The van der Waals surface area contributed by atoms with Gasteiger partial charge in [0.05, 0.1) is 12.7 Å². The van der Waals surface area contributed by atoms with Crippen LogP contribution in [0.3, 0.4) is 0 Å². The summed E-state index contributed by atoms with van der Waals surface area (Å²) in [5.74, 6) is 0. The van der Waals surface area contributed by atoms with Crippen LogP contribution in [0, 0.1) is 0 Å². The Morgan fingerprint density at radius 3 is 2.39 bits per heavy atom. The van der Waals surface area contributed by atoms with Crippen molar-refractivity contribution >= 4 is 0 Å². The first-order valence-electron chi connectivity index (χ1n) is 6.70. The first kappa shape index (κ1) is 15.2. The lowest BCUT2D eigenvalue weighted by Crippen LogP contribution is -2.41. The van der Waals surface area contributed by atoms with E-state index in [2.05, 4.69) is 18.7 Å². The predicted molar refractivity (Wildman–Crippen MR) is 74.6 cm³/mol. The van der Waals surface area contributed by atoms with E-state index in [4.69, 9.17) is 4.74 Å². The summed E-state index contributed by atoms with van der Waals surface area (Å²) in [6.07, 6.45) is 0.487. The van der Waals surface area contributed by atoms with E-state index in [0.717, 1.165) is 25.1 Å². The molecule has 0 saturated heterocycles. The van der Waals surface area contributed by atoms with Crippen LogP contribution in [0.15, 0.2) is 30.3 Å². The number of likely N-dealkylation sites (N-methyl/N-ethyl adjacent to an activating group) is 1. The Kier molecular flexibility index (Phi) is 6.94. The summed E-state index contributed by atoms with van der Waals surface area (Å²) in [5.41, 5.74) is 0.986. The van der Waals surface area contributed by atoms with Crippen molar-refractivity contribution in [3.8, 4) is 0 Å². The van der Waals surface area contributed by atoms with Gasteiger partial charge in [0.2, 0.25) is 0 Å². The molecule has 1 aromatic carbocycles. The summed E-state index contributed by atoms with van der Waals surface area (Å²) < 4.78 is 5.13. The van der Waals surface area contributed by atoms with Gasteiger partial charge in [-0.05, 0) is 18.5 Å². The topological polar surface area (TPSA) is 32.7 Å². The zero-order valence-electron chi connectivity index (χ0n) is 11.7. The van der Waals surface area contributed by atoms with Gasteiger partial charge in [0.15, 0.2) is 0 Å². The normalized spacial score (nSPS) is 14.7. The molecule has 3 heteroatoms. The average Bonchev–Trinajstić information content (AvgIpc) is 2.43. The van der Waals surface area contributed by atoms with E-state index < -0.39 is 6.10 Å². The molecule has 0 aliphatic heterocycles. The Balaban J connectivity index is 2.74. The van der Waals surface area contributed by atoms with Crippen LogP contribution < -0.4 is 0 Å². The molecular weight excluding hydrogens is 226 g/mol. The van der Waals surface area contributed by atoms with Crippen LogP contribution in [0.1, 0.15) is 31.9 Å². The van der Waals surface area contributed by atoms with Gasteiger partial charge >= 0.3 is 0 Å². The van der Waals surface area contributed by atoms with E-state index >= 15 is 0 Å². The maximum absolute atomic E-state index is 10.5. The highest BCUT2D eigenvalue weighted by Gasteiger charge is 2.24. The number of hydrogen-bond acceptors (Lipinski definition) is 3. The molecule has 0 radical (unpaired) electrons. The summed E-state index contributed by atoms with van der Waals surface area (Å²) >= 11 is 0. The zero-order valence-corrected chi connectivity index (χ0v) is 11.7. The lowest BCUT2D eigenvalue weighted by atomic mass is 9.99. The van der Waals surface area contributed by atoms with E-state index in [1.165, 1.54) is 0 Å². The lowest BCUT2D eigenvalue weighted by molar-refractivity contribution is 0.0337. The number of benzene rings is 1. The SMILES string of the molecule is CCC(C(O)c1ccccc1)N(CC)CCOC. The molecule has 18 heavy (non-hydrogen) atoms. The molecule has 1 aromatic rings. The van der Waals surface area contributed by atoms with Crippen molar-refractivity contribution in [1.29, 1.82) is 0 Å². The molecular formula is C15H25NO2. The predicted octanol–water partition coefficient (Wildman–Crippen LogP) is 2.47. The van der Waals surface area contributed by atoms with Crippen molar-refractivity contribution in [2.24, 2.45) is 0 Å². The van der Waals surface area contributed by atoms with Gasteiger partial charge in [-0.2, -0.15) is 0 Å². The number of ether oxygens (including phenoxy) is 1. The summed E-state index contributed by atoms with van der Waals surface area (Å²) in [6, 6.07) is 10.0. The minimum absolute atomic E-state index is 0.146. The van der Waals surface area contributed by atoms with Crippen LogP contribution in [-0.4, -0.2) is 42.9 Å². The van der Waals surface area contributed by atoms with Crippen LogP contribution in [-0.2, 0) is 4.74 Å². The van der Waals surface area contributed by atoms with Gasteiger partial charge in [0.25, 0.3) is 0 Å². The van der Waals surface area contributed by atoms with Crippen molar-refractivity contribution in [3.63, 3.8) is 0 Å². The van der Waals surface area contributed by atoms with E-state index in [9.17, 15) is 5.11 Å². The monoisotopic (exact) mass is 251 g/mol. The third kappa shape index (κ3) is 4.09. The largest absolute Gasteiger partial charge is 0.387 e. The number of methoxy groups -OCH3 is 1. The number of rotatable bonds is 8. The quantitative estimate of drug-likeness (QED) is 0.770. The second-order valence-electron chi connectivity index (χ2n) is 4.45.